The van der Waals surface area contributed by atoms with E-state index in [0.29, 0.717) is 25.0 Å². The van der Waals surface area contributed by atoms with Gasteiger partial charge < -0.3 is 15.2 Å². The predicted molar refractivity (Wildman–Crippen MR) is 70.1 cm³/mol. The number of nitrogens with one attached hydrogen (secondary N) is 2. The second-order valence-electron chi connectivity index (χ2n) is 4.96. The molecule has 0 aliphatic heterocycles. The fourth-order valence-corrected chi connectivity index (χ4v) is 2.48. The third-order valence-corrected chi connectivity index (χ3v) is 3.66. The fraction of sp³-hybridized carbons (Fsp3) is 0.692. The number of hydrogen-bond donors (Lipinski definition) is 2. The lowest BCUT2D eigenvalue weighted by Crippen LogP contribution is -2.41. The van der Waals surface area contributed by atoms with Crippen LogP contribution < -0.4 is 10.6 Å². The first-order valence-corrected chi connectivity index (χ1v) is 6.70. The van der Waals surface area contributed by atoms with Crippen molar-refractivity contribution in [1.29, 1.82) is 0 Å². The zero-order valence-electron chi connectivity index (χ0n) is 10.9. The van der Waals surface area contributed by atoms with Crippen LogP contribution in [0.4, 0.5) is 0 Å². The Hall–Kier alpha value is -1.36. The molecular weight excluding hydrogens is 228 g/mol. The van der Waals surface area contributed by atoms with E-state index in [1.165, 1.54) is 0 Å². The van der Waals surface area contributed by atoms with E-state index < -0.39 is 0 Å². The number of hydrogen-bond acceptors (Lipinski definition) is 3. The first kappa shape index (κ1) is 13.1. The molecule has 5 heteroatoms. The molecule has 1 aromatic heterocycles. The number of rotatable bonds is 5. The van der Waals surface area contributed by atoms with Gasteiger partial charge in [0.1, 0.15) is 0 Å². The minimum atomic E-state index is 0.150. The van der Waals surface area contributed by atoms with Gasteiger partial charge in [-0.2, -0.15) is 0 Å². The molecule has 18 heavy (non-hydrogen) atoms. The van der Waals surface area contributed by atoms with Crippen molar-refractivity contribution < 1.29 is 4.79 Å². The first-order valence-electron chi connectivity index (χ1n) is 6.70. The van der Waals surface area contributed by atoms with Crippen molar-refractivity contribution >= 4 is 5.91 Å². The highest BCUT2D eigenvalue weighted by Gasteiger charge is 2.20. The Morgan fingerprint density at radius 1 is 1.33 bits per heavy atom. The Balaban J connectivity index is 1.65. The maximum Gasteiger partial charge on any atom is 0.222 e. The van der Waals surface area contributed by atoms with Gasteiger partial charge in [0, 0.05) is 37.4 Å². The van der Waals surface area contributed by atoms with E-state index in [2.05, 4.69) is 15.6 Å². The molecule has 1 saturated carbocycles. The van der Waals surface area contributed by atoms with Gasteiger partial charge in [-0.3, -0.25) is 4.79 Å². The molecule has 0 radical (unpaired) electrons. The van der Waals surface area contributed by atoms with Crippen molar-refractivity contribution in [2.45, 2.75) is 50.7 Å². The standard InChI is InChI=1S/C13H22N4O/c1-14-11-2-4-12(5-3-11)16-13(18)6-8-17-9-7-15-10-17/h7,9-12,14H,2-6,8H2,1H3,(H,16,18). The van der Waals surface area contributed by atoms with Crippen LogP contribution in [0.25, 0.3) is 0 Å². The topological polar surface area (TPSA) is 58.9 Å². The van der Waals surface area contributed by atoms with Crippen LogP contribution in [0.15, 0.2) is 18.7 Å². The van der Waals surface area contributed by atoms with Gasteiger partial charge in [0.25, 0.3) is 0 Å². The van der Waals surface area contributed by atoms with E-state index in [0.717, 1.165) is 25.7 Å². The summed E-state index contributed by atoms with van der Waals surface area (Å²) in [7, 11) is 2.01. The van der Waals surface area contributed by atoms with Crippen molar-refractivity contribution in [1.82, 2.24) is 20.2 Å². The highest BCUT2D eigenvalue weighted by Crippen LogP contribution is 2.18. The zero-order valence-corrected chi connectivity index (χ0v) is 10.9. The lowest BCUT2D eigenvalue weighted by atomic mass is 9.91. The monoisotopic (exact) mass is 250 g/mol. The van der Waals surface area contributed by atoms with E-state index in [-0.39, 0.29) is 5.91 Å². The van der Waals surface area contributed by atoms with Gasteiger partial charge in [-0.1, -0.05) is 0 Å². The van der Waals surface area contributed by atoms with Crippen LogP contribution in [-0.2, 0) is 11.3 Å². The highest BCUT2D eigenvalue weighted by molar-refractivity contribution is 5.76. The molecule has 0 aromatic carbocycles. The van der Waals surface area contributed by atoms with E-state index in [1.807, 2.05) is 17.8 Å². The van der Waals surface area contributed by atoms with E-state index >= 15 is 0 Å². The summed E-state index contributed by atoms with van der Waals surface area (Å²) in [6, 6.07) is 0.994. The first-order chi connectivity index (χ1) is 8.78. The van der Waals surface area contributed by atoms with Crippen LogP contribution in [0, 0.1) is 0 Å². The number of aryl methyl sites for hydroxylation is 1. The van der Waals surface area contributed by atoms with Gasteiger partial charge in [0.15, 0.2) is 0 Å². The number of carbonyl (C=O) groups is 1. The number of carbonyl (C=O) groups excluding carboxylic acids is 1. The molecule has 1 fully saturated rings. The Labute approximate surface area is 108 Å². The van der Waals surface area contributed by atoms with Crippen LogP contribution in [0.1, 0.15) is 32.1 Å². The molecule has 0 bridgehead atoms. The van der Waals surface area contributed by atoms with Gasteiger partial charge in [0.05, 0.1) is 6.33 Å². The molecule has 0 spiro atoms. The highest BCUT2D eigenvalue weighted by atomic mass is 16.1. The molecule has 0 unspecified atom stereocenters. The molecule has 1 heterocycles. The Morgan fingerprint density at radius 2 is 2.06 bits per heavy atom. The molecule has 0 atom stereocenters. The smallest absolute Gasteiger partial charge is 0.222 e. The number of aromatic nitrogens is 2. The van der Waals surface area contributed by atoms with Gasteiger partial charge in [-0.15, -0.1) is 0 Å². The third kappa shape index (κ3) is 3.84. The molecule has 100 valence electrons. The molecule has 2 rings (SSSR count). The van der Waals surface area contributed by atoms with Crippen LogP contribution in [0.5, 0.6) is 0 Å². The quantitative estimate of drug-likeness (QED) is 0.817. The normalized spacial score (nSPS) is 23.8. The molecule has 5 nitrogen and oxygen atoms in total. The zero-order chi connectivity index (χ0) is 12.8. The molecular formula is C13H22N4O. The van der Waals surface area contributed by atoms with Crippen molar-refractivity contribution in [3.05, 3.63) is 18.7 Å². The summed E-state index contributed by atoms with van der Waals surface area (Å²) in [4.78, 5) is 15.8. The average Bonchev–Trinajstić information content (AvgIpc) is 2.90. The maximum atomic E-state index is 11.8. The van der Waals surface area contributed by atoms with Crippen LogP contribution in [0.3, 0.4) is 0 Å². The Morgan fingerprint density at radius 3 is 2.67 bits per heavy atom. The lowest BCUT2D eigenvalue weighted by Gasteiger charge is -2.28. The van der Waals surface area contributed by atoms with Gasteiger partial charge in [-0.25, -0.2) is 4.98 Å². The largest absolute Gasteiger partial charge is 0.353 e. The Bertz CT molecular complexity index is 355. The maximum absolute atomic E-state index is 11.8. The van der Waals surface area contributed by atoms with Crippen LogP contribution >= 0.6 is 0 Å². The fourth-order valence-electron chi connectivity index (χ4n) is 2.48. The SMILES string of the molecule is CNC1CCC(NC(=O)CCn2ccnc2)CC1. The van der Waals surface area contributed by atoms with Crippen molar-refractivity contribution in [3.8, 4) is 0 Å². The minimum Gasteiger partial charge on any atom is -0.353 e. The molecule has 1 amide bonds. The van der Waals surface area contributed by atoms with Crippen molar-refractivity contribution in [3.63, 3.8) is 0 Å². The summed E-state index contributed by atoms with van der Waals surface area (Å²) in [5.74, 6) is 0.150. The summed E-state index contributed by atoms with van der Waals surface area (Å²) >= 11 is 0. The predicted octanol–water partition coefficient (Wildman–Crippen LogP) is 0.920. The van der Waals surface area contributed by atoms with Crippen molar-refractivity contribution in [2.75, 3.05) is 7.05 Å². The summed E-state index contributed by atoms with van der Waals surface area (Å²) in [6.07, 6.45) is 10.4. The third-order valence-electron chi connectivity index (χ3n) is 3.66. The van der Waals surface area contributed by atoms with E-state index in [9.17, 15) is 4.79 Å². The molecule has 2 N–H and O–H groups in total. The van der Waals surface area contributed by atoms with Crippen LogP contribution in [-0.4, -0.2) is 34.6 Å². The summed E-state index contributed by atoms with van der Waals surface area (Å²) in [6.45, 7) is 0.706. The second-order valence-corrected chi connectivity index (χ2v) is 4.96. The summed E-state index contributed by atoms with van der Waals surface area (Å²) in [5, 5.41) is 6.42. The summed E-state index contributed by atoms with van der Waals surface area (Å²) < 4.78 is 1.93. The van der Waals surface area contributed by atoms with E-state index in [1.54, 1.807) is 12.5 Å². The number of nitrogens with zero attached hydrogens (tertiary/aromatic N) is 2. The van der Waals surface area contributed by atoms with E-state index in [4.69, 9.17) is 0 Å². The molecule has 1 aliphatic carbocycles. The molecule has 1 aromatic rings. The molecule has 1 aliphatic rings. The van der Waals surface area contributed by atoms with Gasteiger partial charge in [0.2, 0.25) is 5.91 Å². The average molecular weight is 250 g/mol. The number of amides is 1. The van der Waals surface area contributed by atoms with Crippen molar-refractivity contribution in [2.24, 2.45) is 0 Å². The van der Waals surface area contributed by atoms with Crippen LogP contribution in [0.2, 0.25) is 0 Å². The Kier molecular flexibility index (Phi) is 4.75. The van der Waals surface area contributed by atoms with Gasteiger partial charge in [-0.05, 0) is 32.7 Å². The second kappa shape index (κ2) is 6.54. The minimum absolute atomic E-state index is 0.150. The lowest BCUT2D eigenvalue weighted by molar-refractivity contribution is -0.122. The molecule has 0 saturated heterocycles. The summed E-state index contributed by atoms with van der Waals surface area (Å²) in [5.41, 5.74) is 0. The number of imidazole rings is 1. The van der Waals surface area contributed by atoms with Gasteiger partial charge >= 0.3 is 0 Å².